The molecule has 0 atom stereocenters. The summed E-state index contributed by atoms with van der Waals surface area (Å²) < 4.78 is 15.5. The van der Waals surface area contributed by atoms with Crippen LogP contribution >= 0.6 is 0 Å². The number of amides is 1. The number of carbonyl (C=O) groups excluding carboxylic acids is 2. The summed E-state index contributed by atoms with van der Waals surface area (Å²) in [5, 5.41) is 0. The van der Waals surface area contributed by atoms with Crippen molar-refractivity contribution in [2.45, 2.75) is 45.7 Å². The number of aromatic nitrogens is 2. The number of carbonyl (C=O) groups is 2. The predicted octanol–water partition coefficient (Wildman–Crippen LogP) is 1.13. The number of piperidine rings is 1. The van der Waals surface area contributed by atoms with Gasteiger partial charge in [0.1, 0.15) is 17.2 Å². The lowest BCUT2D eigenvalue weighted by molar-refractivity contribution is -0.106. The topological polar surface area (TPSA) is 133 Å². The van der Waals surface area contributed by atoms with Crippen LogP contribution in [0.25, 0.3) is 0 Å². The summed E-state index contributed by atoms with van der Waals surface area (Å²) in [7, 11) is 0. The number of ketones is 1. The van der Waals surface area contributed by atoms with E-state index in [2.05, 4.69) is 5.73 Å². The van der Waals surface area contributed by atoms with Gasteiger partial charge in [0.25, 0.3) is 5.56 Å². The van der Waals surface area contributed by atoms with E-state index in [9.17, 15) is 18.8 Å². The van der Waals surface area contributed by atoms with Crippen molar-refractivity contribution in [2.24, 2.45) is 5.73 Å². The van der Waals surface area contributed by atoms with Crippen LogP contribution in [0.4, 0.5) is 10.2 Å². The molecule has 2 heterocycles. The Labute approximate surface area is 185 Å². The maximum atomic E-state index is 13.2. The molecule has 0 bridgehead atoms. The van der Waals surface area contributed by atoms with E-state index in [-0.39, 0.29) is 36.7 Å². The average molecular weight is 448 g/mol. The van der Waals surface area contributed by atoms with Crippen LogP contribution in [0.1, 0.15) is 55.1 Å². The molecule has 0 radical (unpaired) electrons. The van der Waals surface area contributed by atoms with Crippen LogP contribution in [0.3, 0.4) is 0 Å². The smallest absolute Gasteiger partial charge is 0.333 e. The molecule has 0 saturated carbocycles. The van der Waals surface area contributed by atoms with Gasteiger partial charge in [-0.2, -0.15) is 0 Å². The summed E-state index contributed by atoms with van der Waals surface area (Å²) in [6.45, 7) is 5.17. The molecule has 0 unspecified atom stereocenters. The first-order valence-electron chi connectivity index (χ1n) is 10.5. The predicted molar refractivity (Wildman–Crippen MR) is 120 cm³/mol. The third kappa shape index (κ3) is 5.91. The van der Waals surface area contributed by atoms with E-state index in [1.54, 1.807) is 26.0 Å². The largest absolute Gasteiger partial charge is 0.384 e. The van der Waals surface area contributed by atoms with Gasteiger partial charge in [-0.25, -0.2) is 9.18 Å². The minimum absolute atomic E-state index is 0.0436. The van der Waals surface area contributed by atoms with Crippen molar-refractivity contribution in [1.29, 1.82) is 0 Å². The molecule has 4 N–H and O–H groups in total. The highest BCUT2D eigenvalue weighted by Crippen LogP contribution is 2.14. The van der Waals surface area contributed by atoms with Crippen molar-refractivity contribution in [3.05, 3.63) is 62.0 Å². The van der Waals surface area contributed by atoms with Crippen molar-refractivity contribution in [3.63, 3.8) is 0 Å². The van der Waals surface area contributed by atoms with Crippen LogP contribution in [0.15, 0.2) is 33.9 Å². The third-order valence-corrected chi connectivity index (χ3v) is 5.28. The van der Waals surface area contributed by atoms with Gasteiger partial charge in [-0.05, 0) is 57.5 Å². The van der Waals surface area contributed by atoms with E-state index in [1.165, 1.54) is 16.7 Å². The number of rotatable bonds is 6. The lowest BCUT2D eigenvalue weighted by Gasteiger charge is -2.26. The molecule has 1 aromatic heterocycles. The summed E-state index contributed by atoms with van der Waals surface area (Å²) in [5.74, 6) is -0.904. The Balaban J connectivity index is 0.00000114. The highest BCUT2D eigenvalue weighted by molar-refractivity contribution is 6.01. The fraction of sp³-hybridized carbons (Fsp3) is 0.455. The Bertz CT molecular complexity index is 1050. The molecule has 1 aliphatic heterocycles. The van der Waals surface area contributed by atoms with Crippen LogP contribution < -0.4 is 22.7 Å². The van der Waals surface area contributed by atoms with Gasteiger partial charge in [0.05, 0.1) is 13.1 Å². The lowest BCUT2D eigenvalue weighted by atomic mass is 10.1. The first kappa shape index (κ1) is 25.0. The molecule has 1 aliphatic rings. The molecule has 1 aromatic carbocycles. The van der Waals surface area contributed by atoms with Crippen molar-refractivity contribution < 1.29 is 14.0 Å². The van der Waals surface area contributed by atoms with E-state index >= 15 is 0 Å². The molecule has 1 saturated heterocycles. The molecule has 1 fully saturated rings. The van der Waals surface area contributed by atoms with Gasteiger partial charge >= 0.3 is 5.69 Å². The van der Waals surface area contributed by atoms with E-state index in [4.69, 9.17) is 10.5 Å². The van der Waals surface area contributed by atoms with E-state index < -0.39 is 23.1 Å². The number of nitrogen functional groups attached to an aromatic ring is 1. The standard InChI is InChI=1S/C21H27FN4O3.CH3NO/c1-14(2)26-20(28)18(17(27)13-24-10-4-3-5-11-24)19(23)25(21(26)29)12-15-6-8-16(22)9-7-15;2-1-3/h6-9,14H,3-5,10-13,23H2,1-2H3;1H,(H2,2,3). The number of anilines is 1. The van der Waals surface area contributed by atoms with E-state index in [1.807, 2.05) is 4.90 Å². The first-order valence-corrected chi connectivity index (χ1v) is 10.5. The van der Waals surface area contributed by atoms with Crippen LogP contribution in [0, 0.1) is 5.82 Å². The average Bonchev–Trinajstić information content (AvgIpc) is 2.73. The van der Waals surface area contributed by atoms with Gasteiger partial charge in [0.15, 0.2) is 5.78 Å². The molecule has 0 aliphatic carbocycles. The van der Waals surface area contributed by atoms with E-state index in [0.717, 1.165) is 36.9 Å². The number of nitrogens with zero attached hydrogens (tertiary/aromatic N) is 3. The molecular weight excluding hydrogens is 417 g/mol. The zero-order valence-corrected chi connectivity index (χ0v) is 18.4. The lowest BCUT2D eigenvalue weighted by Crippen LogP contribution is -2.46. The SMILES string of the molecule is CC(C)n1c(=O)c(C(=O)CN2CCCCC2)c(N)n(Cc2ccc(F)cc2)c1=O.NC=O. The van der Waals surface area contributed by atoms with Crippen LogP contribution in [0.5, 0.6) is 0 Å². The second-order valence-corrected chi connectivity index (χ2v) is 7.92. The first-order chi connectivity index (χ1) is 15.2. The fourth-order valence-electron chi connectivity index (χ4n) is 3.73. The number of nitrogens with two attached hydrogens (primary N) is 2. The second kappa shape index (κ2) is 11.4. The van der Waals surface area contributed by atoms with Crippen molar-refractivity contribution in [2.75, 3.05) is 25.4 Å². The maximum absolute atomic E-state index is 13.2. The Hall–Kier alpha value is -3.27. The number of benzene rings is 1. The molecule has 174 valence electrons. The molecule has 9 nitrogen and oxygen atoms in total. The van der Waals surface area contributed by atoms with Crippen molar-refractivity contribution in [3.8, 4) is 0 Å². The minimum Gasteiger partial charge on any atom is -0.384 e. The highest BCUT2D eigenvalue weighted by atomic mass is 19.1. The second-order valence-electron chi connectivity index (χ2n) is 7.92. The molecule has 2 aromatic rings. The highest BCUT2D eigenvalue weighted by Gasteiger charge is 2.25. The summed E-state index contributed by atoms with van der Waals surface area (Å²) in [4.78, 5) is 49.5. The number of hydrogen-bond acceptors (Lipinski definition) is 6. The molecule has 1 amide bonds. The molecule has 32 heavy (non-hydrogen) atoms. The van der Waals surface area contributed by atoms with Crippen molar-refractivity contribution in [1.82, 2.24) is 14.0 Å². The van der Waals surface area contributed by atoms with Gasteiger partial charge in [-0.1, -0.05) is 18.6 Å². The Morgan fingerprint density at radius 2 is 1.69 bits per heavy atom. The van der Waals surface area contributed by atoms with Crippen LogP contribution in [-0.2, 0) is 11.3 Å². The van der Waals surface area contributed by atoms with E-state index in [0.29, 0.717) is 5.56 Å². The van der Waals surface area contributed by atoms with Gasteiger partial charge in [-0.15, -0.1) is 0 Å². The summed E-state index contributed by atoms with van der Waals surface area (Å²) in [6, 6.07) is 5.23. The van der Waals surface area contributed by atoms with Gasteiger partial charge in [0, 0.05) is 6.04 Å². The molecule has 3 rings (SSSR count). The minimum atomic E-state index is -0.653. The Kier molecular flexibility index (Phi) is 8.89. The summed E-state index contributed by atoms with van der Waals surface area (Å²) >= 11 is 0. The Morgan fingerprint density at radius 1 is 1.12 bits per heavy atom. The van der Waals surface area contributed by atoms with Gasteiger partial charge in [0.2, 0.25) is 6.41 Å². The number of Topliss-reactive ketones (excluding diaryl/α,β-unsaturated/α-hetero) is 1. The monoisotopic (exact) mass is 447 g/mol. The fourth-order valence-corrected chi connectivity index (χ4v) is 3.73. The summed E-state index contributed by atoms with van der Waals surface area (Å²) in [5.41, 5.74) is 9.60. The number of primary amides is 1. The number of halogens is 1. The molecule has 10 heteroatoms. The van der Waals surface area contributed by atoms with Gasteiger partial charge in [-0.3, -0.25) is 28.4 Å². The normalized spacial score (nSPS) is 14.0. The maximum Gasteiger partial charge on any atom is 0.333 e. The van der Waals surface area contributed by atoms with Gasteiger partial charge < -0.3 is 11.5 Å². The van der Waals surface area contributed by atoms with Crippen LogP contribution in [-0.4, -0.2) is 45.9 Å². The third-order valence-electron chi connectivity index (χ3n) is 5.28. The molecular formula is C22H30FN5O4. The summed E-state index contributed by atoms with van der Waals surface area (Å²) in [6.07, 6.45) is 3.42. The number of likely N-dealkylation sites (tertiary alicyclic amines) is 1. The Morgan fingerprint density at radius 3 is 2.22 bits per heavy atom. The quantitative estimate of drug-likeness (QED) is 0.504. The molecule has 0 spiro atoms. The number of hydrogen-bond donors (Lipinski definition) is 2. The zero-order valence-electron chi connectivity index (χ0n) is 18.4. The van der Waals surface area contributed by atoms with Crippen molar-refractivity contribution >= 4 is 18.0 Å². The zero-order chi connectivity index (χ0) is 23.8. The van der Waals surface area contributed by atoms with Crippen LogP contribution in [0.2, 0.25) is 0 Å².